The zero-order chi connectivity index (χ0) is 13.7. The Bertz CT molecular complexity index is 279. The number of esters is 1. The summed E-state index contributed by atoms with van der Waals surface area (Å²) < 4.78 is 4.92. The fourth-order valence-electron chi connectivity index (χ4n) is 1.78. The lowest BCUT2D eigenvalue weighted by Crippen LogP contribution is -2.42. The van der Waals surface area contributed by atoms with Crippen LogP contribution in [0.25, 0.3) is 0 Å². The molecule has 0 saturated heterocycles. The van der Waals surface area contributed by atoms with E-state index in [-0.39, 0.29) is 13.0 Å². The number of carbonyl (C=O) groups excluding carboxylic acids is 1. The minimum Gasteiger partial charge on any atom is -0.481 e. The summed E-state index contributed by atoms with van der Waals surface area (Å²) in [6.07, 6.45) is 0.403. The van der Waals surface area contributed by atoms with Crippen molar-refractivity contribution in [1.82, 2.24) is 0 Å². The molecule has 100 valence electrons. The molecule has 0 bridgehead atoms. The third-order valence-electron chi connectivity index (χ3n) is 3.05. The first kappa shape index (κ1) is 15.9. The molecule has 5 heteroatoms. The predicted molar refractivity (Wildman–Crippen MR) is 62.5 cm³/mol. The van der Waals surface area contributed by atoms with E-state index < -0.39 is 29.4 Å². The van der Waals surface area contributed by atoms with E-state index in [1.54, 1.807) is 13.8 Å². The van der Waals surface area contributed by atoms with Crippen molar-refractivity contribution in [1.29, 1.82) is 0 Å². The van der Waals surface area contributed by atoms with Crippen molar-refractivity contribution < 1.29 is 24.5 Å². The molecule has 0 rings (SSSR count). The monoisotopic (exact) mass is 246 g/mol. The first-order valence-corrected chi connectivity index (χ1v) is 5.77. The van der Waals surface area contributed by atoms with E-state index in [1.165, 1.54) is 13.8 Å². The van der Waals surface area contributed by atoms with Gasteiger partial charge in [0.15, 0.2) is 0 Å². The number of carboxylic acids is 1. The molecular formula is C12H22O5. The highest BCUT2D eigenvalue weighted by Gasteiger charge is 2.45. The van der Waals surface area contributed by atoms with Gasteiger partial charge in [-0.15, -0.1) is 0 Å². The largest absolute Gasteiger partial charge is 0.481 e. The Morgan fingerprint density at radius 1 is 1.24 bits per heavy atom. The standard InChI is InChI=1S/C12H22O5/c1-5-12(8-13,10(16)17-6-2)7-11(3,4)9(14)15/h13H,5-8H2,1-4H3,(H,14,15). The van der Waals surface area contributed by atoms with Crippen LogP contribution in [-0.2, 0) is 14.3 Å². The highest BCUT2D eigenvalue weighted by Crippen LogP contribution is 2.37. The molecule has 0 aliphatic heterocycles. The van der Waals surface area contributed by atoms with Crippen LogP contribution in [0.4, 0.5) is 0 Å². The van der Waals surface area contributed by atoms with Crippen LogP contribution in [0.5, 0.6) is 0 Å². The molecule has 1 unspecified atom stereocenters. The van der Waals surface area contributed by atoms with Gasteiger partial charge in [0.05, 0.1) is 24.0 Å². The van der Waals surface area contributed by atoms with Gasteiger partial charge >= 0.3 is 11.9 Å². The minimum atomic E-state index is -1.13. The van der Waals surface area contributed by atoms with Crippen LogP contribution in [0, 0.1) is 10.8 Å². The molecule has 0 aromatic carbocycles. The van der Waals surface area contributed by atoms with Gasteiger partial charge in [-0.3, -0.25) is 9.59 Å². The Balaban J connectivity index is 5.09. The van der Waals surface area contributed by atoms with Gasteiger partial charge in [-0.25, -0.2) is 0 Å². The molecule has 0 fully saturated rings. The zero-order valence-corrected chi connectivity index (χ0v) is 10.9. The van der Waals surface area contributed by atoms with Crippen molar-refractivity contribution in [3.05, 3.63) is 0 Å². The van der Waals surface area contributed by atoms with Gasteiger partial charge < -0.3 is 14.9 Å². The second-order valence-electron chi connectivity index (χ2n) is 4.88. The average molecular weight is 246 g/mol. The van der Waals surface area contributed by atoms with Crippen LogP contribution in [0.3, 0.4) is 0 Å². The maximum atomic E-state index is 11.9. The number of aliphatic hydroxyl groups excluding tert-OH is 1. The van der Waals surface area contributed by atoms with E-state index in [1.807, 2.05) is 0 Å². The third-order valence-corrected chi connectivity index (χ3v) is 3.05. The molecule has 2 N–H and O–H groups in total. The molecule has 0 amide bonds. The third kappa shape index (κ3) is 3.70. The van der Waals surface area contributed by atoms with Crippen LogP contribution in [0.1, 0.15) is 40.5 Å². The molecule has 0 spiro atoms. The first-order chi connectivity index (χ1) is 7.75. The summed E-state index contributed by atoms with van der Waals surface area (Å²) in [5.74, 6) is -1.52. The van der Waals surface area contributed by atoms with Crippen LogP contribution in [0.2, 0.25) is 0 Å². The quantitative estimate of drug-likeness (QED) is 0.664. The van der Waals surface area contributed by atoms with E-state index >= 15 is 0 Å². The molecule has 5 nitrogen and oxygen atoms in total. The molecule has 0 aliphatic carbocycles. The predicted octanol–water partition coefficient (Wildman–Crippen LogP) is 1.44. The lowest BCUT2D eigenvalue weighted by molar-refractivity contribution is -0.164. The molecule has 0 aromatic heterocycles. The van der Waals surface area contributed by atoms with Crippen molar-refractivity contribution in [3.8, 4) is 0 Å². The van der Waals surface area contributed by atoms with E-state index in [0.29, 0.717) is 6.42 Å². The van der Waals surface area contributed by atoms with Gasteiger partial charge in [-0.2, -0.15) is 0 Å². The van der Waals surface area contributed by atoms with E-state index in [0.717, 1.165) is 0 Å². The molecule has 0 saturated carbocycles. The van der Waals surface area contributed by atoms with Gasteiger partial charge in [0, 0.05) is 0 Å². The fourth-order valence-corrected chi connectivity index (χ4v) is 1.78. The van der Waals surface area contributed by atoms with Crippen molar-refractivity contribution in [3.63, 3.8) is 0 Å². The molecule has 17 heavy (non-hydrogen) atoms. The molecular weight excluding hydrogens is 224 g/mol. The summed E-state index contributed by atoms with van der Waals surface area (Å²) in [5.41, 5.74) is -2.20. The van der Waals surface area contributed by atoms with Crippen LogP contribution in [0.15, 0.2) is 0 Å². The number of ether oxygens (including phenoxy) is 1. The van der Waals surface area contributed by atoms with Crippen molar-refractivity contribution in [2.24, 2.45) is 10.8 Å². The lowest BCUT2D eigenvalue weighted by atomic mass is 9.71. The highest BCUT2D eigenvalue weighted by atomic mass is 16.5. The Hall–Kier alpha value is -1.10. The Labute approximate surface area is 102 Å². The second kappa shape index (κ2) is 6.00. The fraction of sp³-hybridized carbons (Fsp3) is 0.833. The van der Waals surface area contributed by atoms with E-state index in [2.05, 4.69) is 0 Å². The number of carboxylic acid groups (broad SMARTS) is 1. The molecule has 0 heterocycles. The normalized spacial score (nSPS) is 15.1. The van der Waals surface area contributed by atoms with Crippen LogP contribution >= 0.6 is 0 Å². The number of rotatable bonds is 7. The molecule has 0 aliphatic rings. The van der Waals surface area contributed by atoms with Crippen molar-refractivity contribution in [2.45, 2.75) is 40.5 Å². The summed E-state index contributed by atoms with van der Waals surface area (Å²) in [5, 5.41) is 18.5. The summed E-state index contributed by atoms with van der Waals surface area (Å²) in [4.78, 5) is 22.9. The Morgan fingerprint density at radius 2 is 1.76 bits per heavy atom. The summed E-state index contributed by atoms with van der Waals surface area (Å²) in [7, 11) is 0. The topological polar surface area (TPSA) is 83.8 Å². The van der Waals surface area contributed by atoms with Gasteiger partial charge in [-0.1, -0.05) is 6.92 Å². The van der Waals surface area contributed by atoms with Crippen LogP contribution in [-0.4, -0.2) is 35.4 Å². The number of hydrogen-bond acceptors (Lipinski definition) is 4. The first-order valence-electron chi connectivity index (χ1n) is 5.77. The Kier molecular flexibility index (Phi) is 5.61. The maximum Gasteiger partial charge on any atom is 0.314 e. The minimum absolute atomic E-state index is 0.0567. The van der Waals surface area contributed by atoms with Gasteiger partial charge in [0.2, 0.25) is 0 Å². The molecule has 0 aromatic rings. The summed E-state index contributed by atoms with van der Waals surface area (Å²) in [6, 6.07) is 0. The second-order valence-corrected chi connectivity index (χ2v) is 4.88. The smallest absolute Gasteiger partial charge is 0.314 e. The Morgan fingerprint density at radius 3 is 2.06 bits per heavy atom. The summed E-state index contributed by atoms with van der Waals surface area (Å²) in [6.45, 7) is 6.31. The SMILES string of the molecule is CCOC(=O)C(CC)(CO)CC(C)(C)C(=O)O. The summed E-state index contributed by atoms with van der Waals surface area (Å²) >= 11 is 0. The number of carbonyl (C=O) groups is 2. The molecule has 1 atom stereocenters. The van der Waals surface area contributed by atoms with Crippen molar-refractivity contribution >= 4 is 11.9 Å². The van der Waals surface area contributed by atoms with Gasteiger partial charge in [0.25, 0.3) is 0 Å². The lowest BCUT2D eigenvalue weighted by Gasteiger charge is -2.34. The zero-order valence-electron chi connectivity index (χ0n) is 10.9. The maximum absolute atomic E-state index is 11.9. The molecule has 0 radical (unpaired) electrons. The van der Waals surface area contributed by atoms with E-state index in [9.17, 15) is 14.7 Å². The van der Waals surface area contributed by atoms with E-state index in [4.69, 9.17) is 9.84 Å². The van der Waals surface area contributed by atoms with Gasteiger partial charge in [0.1, 0.15) is 0 Å². The van der Waals surface area contributed by atoms with Gasteiger partial charge in [-0.05, 0) is 33.6 Å². The number of aliphatic hydroxyl groups is 1. The number of aliphatic carboxylic acids is 1. The van der Waals surface area contributed by atoms with Crippen molar-refractivity contribution in [2.75, 3.05) is 13.2 Å². The highest BCUT2D eigenvalue weighted by molar-refractivity contribution is 5.80. The number of hydrogen-bond donors (Lipinski definition) is 2. The van der Waals surface area contributed by atoms with Crippen LogP contribution < -0.4 is 0 Å². The average Bonchev–Trinajstić information content (AvgIpc) is 2.26.